The van der Waals surface area contributed by atoms with Crippen molar-refractivity contribution in [2.24, 2.45) is 0 Å². The van der Waals surface area contributed by atoms with Gasteiger partial charge in [-0.3, -0.25) is 0 Å². The molecule has 0 unspecified atom stereocenters. The zero-order valence-electron chi connectivity index (χ0n) is 11.4. The fraction of sp³-hybridized carbons (Fsp3) is 0.250. The van der Waals surface area contributed by atoms with E-state index in [0.717, 1.165) is 17.5 Å². The van der Waals surface area contributed by atoms with Crippen LogP contribution in [0.1, 0.15) is 23.6 Å². The molecule has 0 amide bonds. The van der Waals surface area contributed by atoms with Crippen molar-refractivity contribution in [2.75, 3.05) is 6.54 Å². The summed E-state index contributed by atoms with van der Waals surface area (Å²) in [5, 5.41) is 0. The van der Waals surface area contributed by atoms with Gasteiger partial charge in [0.15, 0.2) is 0 Å². The van der Waals surface area contributed by atoms with E-state index < -0.39 is 10.0 Å². The van der Waals surface area contributed by atoms with Crippen LogP contribution in [0.3, 0.4) is 0 Å². The molecule has 1 aliphatic heterocycles. The number of rotatable bonds is 3. The van der Waals surface area contributed by atoms with E-state index in [-0.39, 0.29) is 6.04 Å². The lowest BCUT2D eigenvalue weighted by molar-refractivity contribution is 0.202. The van der Waals surface area contributed by atoms with Crippen molar-refractivity contribution in [3.05, 3.63) is 65.7 Å². The molecule has 0 aromatic heterocycles. The van der Waals surface area contributed by atoms with Gasteiger partial charge in [0, 0.05) is 6.54 Å². The van der Waals surface area contributed by atoms with Crippen molar-refractivity contribution < 1.29 is 8.42 Å². The summed E-state index contributed by atoms with van der Waals surface area (Å²) in [5.74, 6) is 0. The van der Waals surface area contributed by atoms with Crippen molar-refractivity contribution in [3.8, 4) is 0 Å². The van der Waals surface area contributed by atoms with E-state index in [0.29, 0.717) is 11.4 Å². The summed E-state index contributed by atoms with van der Waals surface area (Å²) < 4.78 is 26.9. The molecule has 2 aromatic rings. The van der Waals surface area contributed by atoms with Gasteiger partial charge >= 0.3 is 0 Å². The molecule has 2 aromatic carbocycles. The van der Waals surface area contributed by atoms with E-state index in [4.69, 9.17) is 0 Å². The summed E-state index contributed by atoms with van der Waals surface area (Å²) in [7, 11) is -3.38. The van der Waals surface area contributed by atoms with Gasteiger partial charge in [-0.05, 0) is 31.0 Å². The highest BCUT2D eigenvalue weighted by molar-refractivity contribution is 7.89. The Kier molecular flexibility index (Phi) is 3.36. The largest absolute Gasteiger partial charge is 0.243 e. The maximum Gasteiger partial charge on any atom is 0.243 e. The third-order valence-electron chi connectivity index (χ3n) is 3.78. The average Bonchev–Trinajstić information content (AvgIpc) is 2.38. The van der Waals surface area contributed by atoms with Crippen molar-refractivity contribution in [1.82, 2.24) is 4.31 Å². The van der Waals surface area contributed by atoms with E-state index in [1.807, 2.05) is 49.4 Å². The number of hydrogen-bond acceptors (Lipinski definition) is 2. The Hall–Kier alpha value is -1.65. The van der Waals surface area contributed by atoms with Gasteiger partial charge < -0.3 is 0 Å². The van der Waals surface area contributed by atoms with Crippen LogP contribution in [0.5, 0.6) is 0 Å². The highest BCUT2D eigenvalue weighted by Gasteiger charge is 2.39. The Balaban J connectivity index is 1.91. The van der Waals surface area contributed by atoms with Crippen LogP contribution < -0.4 is 0 Å². The first-order chi connectivity index (χ1) is 9.59. The van der Waals surface area contributed by atoms with E-state index in [2.05, 4.69) is 0 Å². The third-order valence-corrected chi connectivity index (χ3v) is 5.70. The molecule has 104 valence electrons. The molecule has 0 saturated carbocycles. The van der Waals surface area contributed by atoms with Gasteiger partial charge in [-0.2, -0.15) is 4.31 Å². The maximum atomic E-state index is 12.6. The molecule has 1 aliphatic rings. The summed E-state index contributed by atoms with van der Waals surface area (Å²) in [6.07, 6.45) is 0.884. The van der Waals surface area contributed by atoms with Crippen molar-refractivity contribution >= 4 is 10.0 Å². The van der Waals surface area contributed by atoms with E-state index >= 15 is 0 Å². The third kappa shape index (κ3) is 2.25. The highest BCUT2D eigenvalue weighted by atomic mass is 32.2. The average molecular weight is 287 g/mol. The summed E-state index contributed by atoms with van der Waals surface area (Å²) in [5.41, 5.74) is 2.13. The molecule has 0 radical (unpaired) electrons. The number of nitrogens with zero attached hydrogens (tertiary/aromatic N) is 1. The molecule has 20 heavy (non-hydrogen) atoms. The fourth-order valence-electron chi connectivity index (χ4n) is 2.51. The van der Waals surface area contributed by atoms with Gasteiger partial charge in [0.1, 0.15) is 0 Å². The Morgan fingerprint density at radius 3 is 2.20 bits per heavy atom. The first kappa shape index (κ1) is 13.3. The predicted molar refractivity (Wildman–Crippen MR) is 78.9 cm³/mol. The van der Waals surface area contributed by atoms with Gasteiger partial charge in [0.2, 0.25) is 10.0 Å². The monoisotopic (exact) mass is 287 g/mol. The molecule has 0 aliphatic carbocycles. The quantitative estimate of drug-likeness (QED) is 0.869. The zero-order chi connectivity index (χ0) is 14.2. The smallest absolute Gasteiger partial charge is 0.207 e. The topological polar surface area (TPSA) is 37.4 Å². The minimum absolute atomic E-state index is 0.0255. The Labute approximate surface area is 119 Å². The van der Waals surface area contributed by atoms with Crippen LogP contribution in [0.2, 0.25) is 0 Å². The summed E-state index contributed by atoms with van der Waals surface area (Å²) >= 11 is 0. The number of benzene rings is 2. The normalized spacial score (nSPS) is 19.6. The first-order valence-corrected chi connectivity index (χ1v) is 8.16. The van der Waals surface area contributed by atoms with Gasteiger partial charge in [0.25, 0.3) is 0 Å². The molecule has 0 spiro atoms. The standard InChI is InChI=1S/C16H17NO2S/c1-13-7-9-15(10-8-13)20(18,19)17-12-11-16(17)14-5-3-2-4-6-14/h2-10,16H,11-12H2,1H3/t16-/m1/s1. The number of aryl methyl sites for hydroxylation is 1. The summed E-state index contributed by atoms with van der Waals surface area (Å²) in [6, 6.07) is 16.8. The van der Waals surface area contributed by atoms with Crippen LogP contribution in [-0.2, 0) is 10.0 Å². The van der Waals surface area contributed by atoms with E-state index in [1.54, 1.807) is 16.4 Å². The zero-order valence-corrected chi connectivity index (χ0v) is 12.2. The first-order valence-electron chi connectivity index (χ1n) is 6.72. The second-order valence-electron chi connectivity index (χ2n) is 5.14. The molecular formula is C16H17NO2S. The molecule has 1 heterocycles. The van der Waals surface area contributed by atoms with Crippen molar-refractivity contribution in [1.29, 1.82) is 0 Å². The molecule has 1 saturated heterocycles. The van der Waals surface area contributed by atoms with Crippen LogP contribution in [0, 0.1) is 6.92 Å². The highest BCUT2D eigenvalue weighted by Crippen LogP contribution is 2.37. The minimum atomic E-state index is -3.38. The molecule has 0 bridgehead atoms. The molecular weight excluding hydrogens is 270 g/mol. The van der Waals surface area contributed by atoms with Gasteiger partial charge in [-0.25, -0.2) is 8.42 Å². The molecule has 3 nitrogen and oxygen atoms in total. The van der Waals surface area contributed by atoms with Crippen molar-refractivity contribution in [2.45, 2.75) is 24.3 Å². The van der Waals surface area contributed by atoms with E-state index in [9.17, 15) is 8.42 Å². The minimum Gasteiger partial charge on any atom is -0.207 e. The molecule has 1 fully saturated rings. The van der Waals surface area contributed by atoms with Crippen LogP contribution in [0.4, 0.5) is 0 Å². The predicted octanol–water partition coefficient (Wildman–Crippen LogP) is 3.13. The number of sulfonamides is 1. The summed E-state index contributed by atoms with van der Waals surface area (Å²) in [6.45, 7) is 2.54. The van der Waals surface area contributed by atoms with Gasteiger partial charge in [-0.1, -0.05) is 48.0 Å². The maximum absolute atomic E-state index is 12.6. The van der Waals surface area contributed by atoms with E-state index in [1.165, 1.54) is 0 Å². The van der Waals surface area contributed by atoms with Crippen LogP contribution in [0.15, 0.2) is 59.5 Å². The molecule has 0 N–H and O–H groups in total. The molecule has 4 heteroatoms. The molecule has 3 rings (SSSR count). The lowest BCUT2D eigenvalue weighted by Gasteiger charge is -2.40. The second kappa shape index (κ2) is 5.04. The summed E-state index contributed by atoms with van der Waals surface area (Å²) in [4.78, 5) is 0.378. The molecule has 1 atom stereocenters. The van der Waals surface area contributed by atoms with Crippen LogP contribution in [-0.4, -0.2) is 19.3 Å². The van der Waals surface area contributed by atoms with Crippen LogP contribution >= 0.6 is 0 Å². The van der Waals surface area contributed by atoms with Gasteiger partial charge in [0.05, 0.1) is 10.9 Å². The second-order valence-corrected chi connectivity index (χ2v) is 7.03. The Morgan fingerprint density at radius 2 is 1.65 bits per heavy atom. The van der Waals surface area contributed by atoms with Crippen LogP contribution in [0.25, 0.3) is 0 Å². The Morgan fingerprint density at radius 1 is 1.00 bits per heavy atom. The van der Waals surface area contributed by atoms with Gasteiger partial charge in [-0.15, -0.1) is 0 Å². The number of hydrogen-bond donors (Lipinski definition) is 0. The lowest BCUT2D eigenvalue weighted by atomic mass is 9.98. The SMILES string of the molecule is Cc1ccc(S(=O)(=O)N2CC[C@@H]2c2ccccc2)cc1. The lowest BCUT2D eigenvalue weighted by Crippen LogP contribution is -2.44. The fourth-order valence-corrected chi connectivity index (χ4v) is 4.16. The van der Waals surface area contributed by atoms with Crippen molar-refractivity contribution in [3.63, 3.8) is 0 Å². The Bertz CT molecular complexity index is 693.